The molecule has 1 aromatic heterocycles. The lowest BCUT2D eigenvalue weighted by molar-refractivity contribution is -0.122. The van der Waals surface area contributed by atoms with Crippen molar-refractivity contribution in [2.45, 2.75) is 18.9 Å². The van der Waals surface area contributed by atoms with Gasteiger partial charge in [0.1, 0.15) is 11.9 Å². The van der Waals surface area contributed by atoms with Crippen molar-refractivity contribution in [3.8, 4) is 6.07 Å². The maximum Gasteiger partial charge on any atom is 0.332 e. The predicted octanol–water partition coefficient (Wildman–Crippen LogP) is -1.64. The van der Waals surface area contributed by atoms with Crippen LogP contribution in [0.3, 0.4) is 0 Å². The zero-order chi connectivity index (χ0) is 18.1. The standard InChI is InChI=1S/C16H22N6O3/c1-19-14(12(9-17)15(24)20(2)16(19)25)22-7-5-21(6-8-22)10-13(23)18-11-3-4-11/h11H,3-8,10H2,1-2H3,(H,18,23). The van der Waals surface area contributed by atoms with Crippen LogP contribution in [0.2, 0.25) is 0 Å². The predicted molar refractivity (Wildman–Crippen MR) is 91.5 cm³/mol. The van der Waals surface area contributed by atoms with Gasteiger partial charge in [0.25, 0.3) is 5.56 Å². The second-order valence-corrected chi connectivity index (χ2v) is 6.62. The number of hydrogen-bond acceptors (Lipinski definition) is 6. The van der Waals surface area contributed by atoms with Crippen LogP contribution in [0, 0.1) is 11.3 Å². The van der Waals surface area contributed by atoms with Crippen molar-refractivity contribution < 1.29 is 4.79 Å². The van der Waals surface area contributed by atoms with Gasteiger partial charge in [-0.3, -0.25) is 23.6 Å². The Kier molecular flexibility index (Phi) is 4.63. The summed E-state index contributed by atoms with van der Waals surface area (Å²) < 4.78 is 2.29. The van der Waals surface area contributed by atoms with Crippen molar-refractivity contribution in [1.82, 2.24) is 19.4 Å². The molecule has 1 aliphatic carbocycles. The van der Waals surface area contributed by atoms with Gasteiger partial charge in [-0.25, -0.2) is 4.79 Å². The van der Waals surface area contributed by atoms with Crippen LogP contribution in [-0.4, -0.2) is 58.7 Å². The molecule has 1 amide bonds. The summed E-state index contributed by atoms with van der Waals surface area (Å²) in [5.41, 5.74) is -1.05. The molecule has 0 radical (unpaired) electrons. The Morgan fingerprint density at radius 2 is 1.80 bits per heavy atom. The van der Waals surface area contributed by atoms with Crippen LogP contribution in [0.5, 0.6) is 0 Å². The molecule has 1 saturated heterocycles. The van der Waals surface area contributed by atoms with E-state index in [9.17, 15) is 19.6 Å². The van der Waals surface area contributed by atoms with Crippen molar-refractivity contribution >= 4 is 11.7 Å². The second-order valence-electron chi connectivity index (χ2n) is 6.62. The van der Waals surface area contributed by atoms with Gasteiger partial charge in [0.15, 0.2) is 5.56 Å². The molecule has 0 unspecified atom stereocenters. The Labute approximate surface area is 145 Å². The summed E-state index contributed by atoms with van der Waals surface area (Å²) in [5.74, 6) is 0.396. The van der Waals surface area contributed by atoms with E-state index in [1.54, 1.807) is 7.05 Å². The highest BCUT2D eigenvalue weighted by Crippen LogP contribution is 2.19. The van der Waals surface area contributed by atoms with Crippen LogP contribution >= 0.6 is 0 Å². The molecule has 9 heteroatoms. The van der Waals surface area contributed by atoms with E-state index in [4.69, 9.17) is 0 Å². The second kappa shape index (κ2) is 6.72. The van der Waals surface area contributed by atoms with Gasteiger partial charge < -0.3 is 10.2 Å². The molecule has 1 aliphatic heterocycles. The highest BCUT2D eigenvalue weighted by Gasteiger charge is 2.27. The molecule has 0 aromatic carbocycles. The van der Waals surface area contributed by atoms with E-state index in [0.29, 0.717) is 44.6 Å². The minimum Gasteiger partial charge on any atom is -0.354 e. The van der Waals surface area contributed by atoms with Gasteiger partial charge in [-0.15, -0.1) is 0 Å². The van der Waals surface area contributed by atoms with Crippen LogP contribution in [0.15, 0.2) is 9.59 Å². The first-order valence-corrected chi connectivity index (χ1v) is 8.39. The van der Waals surface area contributed by atoms with E-state index in [0.717, 1.165) is 17.4 Å². The van der Waals surface area contributed by atoms with E-state index in [1.807, 2.05) is 15.9 Å². The van der Waals surface area contributed by atoms with Gasteiger partial charge in [0.05, 0.1) is 6.54 Å². The number of carbonyl (C=O) groups excluding carboxylic acids is 1. The summed E-state index contributed by atoms with van der Waals surface area (Å²) in [7, 11) is 2.93. The lowest BCUT2D eigenvalue weighted by Gasteiger charge is -2.36. The number of nitrogens with one attached hydrogen (secondary N) is 1. The third kappa shape index (κ3) is 3.44. The minimum atomic E-state index is -0.577. The fraction of sp³-hybridized carbons (Fsp3) is 0.625. The molecule has 1 aromatic rings. The SMILES string of the molecule is Cn1c(N2CCN(CC(=O)NC3CC3)CC2)c(C#N)c(=O)n(C)c1=O. The quantitative estimate of drug-likeness (QED) is 0.701. The Morgan fingerprint density at radius 1 is 1.16 bits per heavy atom. The number of amides is 1. The van der Waals surface area contributed by atoms with Crippen molar-refractivity contribution in [1.29, 1.82) is 5.26 Å². The van der Waals surface area contributed by atoms with Crippen molar-refractivity contribution in [2.24, 2.45) is 14.1 Å². The van der Waals surface area contributed by atoms with E-state index < -0.39 is 11.2 Å². The third-order valence-corrected chi connectivity index (χ3v) is 4.73. The Bertz CT molecular complexity index is 837. The smallest absolute Gasteiger partial charge is 0.332 e. The van der Waals surface area contributed by atoms with Crippen LogP contribution in [0.1, 0.15) is 18.4 Å². The largest absolute Gasteiger partial charge is 0.354 e. The van der Waals surface area contributed by atoms with Crippen LogP contribution in [-0.2, 0) is 18.9 Å². The van der Waals surface area contributed by atoms with Crippen molar-refractivity contribution in [3.05, 3.63) is 26.4 Å². The highest BCUT2D eigenvalue weighted by atomic mass is 16.2. The molecule has 134 valence electrons. The molecule has 25 heavy (non-hydrogen) atoms. The number of nitrogens with zero attached hydrogens (tertiary/aromatic N) is 5. The first-order valence-electron chi connectivity index (χ1n) is 8.39. The first-order chi connectivity index (χ1) is 11.9. The molecule has 9 nitrogen and oxygen atoms in total. The molecule has 1 saturated carbocycles. The fourth-order valence-electron chi connectivity index (χ4n) is 3.12. The maximum atomic E-state index is 12.2. The molecule has 0 spiro atoms. The molecular formula is C16H22N6O3. The molecule has 0 atom stereocenters. The monoisotopic (exact) mass is 346 g/mol. The van der Waals surface area contributed by atoms with E-state index in [2.05, 4.69) is 5.32 Å². The Balaban J connectivity index is 1.73. The van der Waals surface area contributed by atoms with E-state index >= 15 is 0 Å². The number of rotatable bonds is 4. The van der Waals surface area contributed by atoms with Crippen molar-refractivity contribution in [3.63, 3.8) is 0 Å². The Hall–Kier alpha value is -2.60. The van der Waals surface area contributed by atoms with Crippen LogP contribution in [0.4, 0.5) is 5.82 Å². The molecule has 2 heterocycles. The summed E-state index contributed by atoms with van der Waals surface area (Å²) in [4.78, 5) is 40.2. The van der Waals surface area contributed by atoms with E-state index in [1.165, 1.54) is 11.6 Å². The molecule has 1 N–H and O–H groups in total. The summed E-state index contributed by atoms with van der Waals surface area (Å²) in [6.45, 7) is 2.71. The van der Waals surface area contributed by atoms with Gasteiger partial charge in [-0.2, -0.15) is 5.26 Å². The number of aromatic nitrogens is 2. The summed E-state index contributed by atoms with van der Waals surface area (Å²) in [6, 6.07) is 2.28. The summed E-state index contributed by atoms with van der Waals surface area (Å²) >= 11 is 0. The fourth-order valence-corrected chi connectivity index (χ4v) is 3.12. The lowest BCUT2D eigenvalue weighted by atomic mass is 10.2. The normalized spacial score (nSPS) is 18.0. The van der Waals surface area contributed by atoms with E-state index in [-0.39, 0.29) is 11.5 Å². The molecule has 0 bridgehead atoms. The Morgan fingerprint density at radius 3 is 2.36 bits per heavy atom. The first kappa shape index (κ1) is 17.2. The van der Waals surface area contributed by atoms with Gasteiger partial charge in [0.2, 0.25) is 5.91 Å². The molecule has 2 fully saturated rings. The van der Waals surface area contributed by atoms with Gasteiger partial charge in [-0.05, 0) is 12.8 Å². The number of nitriles is 1. The number of carbonyl (C=O) groups is 1. The topological polar surface area (TPSA) is 103 Å². The number of hydrogen-bond donors (Lipinski definition) is 1. The zero-order valence-electron chi connectivity index (χ0n) is 14.5. The summed E-state index contributed by atoms with van der Waals surface area (Å²) in [5, 5.41) is 12.3. The van der Waals surface area contributed by atoms with Crippen LogP contribution in [0.25, 0.3) is 0 Å². The third-order valence-electron chi connectivity index (χ3n) is 4.73. The maximum absolute atomic E-state index is 12.2. The zero-order valence-corrected chi connectivity index (χ0v) is 14.5. The number of piperazine rings is 1. The van der Waals surface area contributed by atoms with Gasteiger partial charge >= 0.3 is 5.69 Å². The molecule has 2 aliphatic rings. The van der Waals surface area contributed by atoms with Gasteiger partial charge in [-0.1, -0.05) is 0 Å². The minimum absolute atomic E-state index is 0.0236. The highest BCUT2D eigenvalue weighted by molar-refractivity contribution is 5.78. The average molecular weight is 346 g/mol. The molecular weight excluding hydrogens is 324 g/mol. The molecule has 3 rings (SSSR count). The average Bonchev–Trinajstić information content (AvgIpc) is 3.40. The number of anilines is 1. The van der Waals surface area contributed by atoms with Crippen LogP contribution < -0.4 is 21.5 Å². The summed E-state index contributed by atoms with van der Waals surface area (Å²) in [6.07, 6.45) is 2.13. The van der Waals surface area contributed by atoms with Gasteiger partial charge in [0, 0.05) is 46.3 Å². The van der Waals surface area contributed by atoms with Crippen molar-refractivity contribution in [2.75, 3.05) is 37.6 Å². The lowest BCUT2D eigenvalue weighted by Crippen LogP contribution is -2.52.